The van der Waals surface area contributed by atoms with Crippen molar-refractivity contribution >= 4 is 34.0 Å². The molecule has 0 aliphatic rings. The molecule has 0 aliphatic heterocycles. The van der Waals surface area contributed by atoms with E-state index in [0.29, 0.717) is 0 Å². The Morgan fingerprint density at radius 3 is 2.50 bits per heavy atom. The number of amides is 1. The van der Waals surface area contributed by atoms with Gasteiger partial charge in [0.25, 0.3) is 0 Å². The predicted molar refractivity (Wildman–Crippen MR) is 71.4 cm³/mol. The molecule has 7 heteroatoms. The van der Waals surface area contributed by atoms with Crippen LogP contribution in [0.4, 0.5) is 0 Å². The molecular formula is C11H15NO4S2. The second-order valence-corrected chi connectivity index (χ2v) is 6.73. The van der Waals surface area contributed by atoms with Gasteiger partial charge in [0, 0.05) is 29.8 Å². The Morgan fingerprint density at radius 2 is 2.06 bits per heavy atom. The lowest BCUT2D eigenvalue weighted by Crippen LogP contribution is -2.27. The minimum Gasteiger partial charge on any atom is -0.477 e. The van der Waals surface area contributed by atoms with Crippen molar-refractivity contribution in [3.05, 3.63) is 21.4 Å². The van der Waals surface area contributed by atoms with E-state index in [0.717, 1.165) is 21.8 Å². The van der Waals surface area contributed by atoms with Crippen molar-refractivity contribution in [2.45, 2.75) is 12.7 Å². The summed E-state index contributed by atoms with van der Waals surface area (Å²) in [5.74, 6) is -0.996. The smallest absolute Gasteiger partial charge is 0.345 e. The minimum atomic E-state index is -1.31. The number of thiophene rings is 1. The molecule has 5 nitrogen and oxygen atoms in total. The number of nitrogens with zero attached hydrogens (tertiary/aromatic N) is 1. The fraction of sp³-hybridized carbons (Fsp3) is 0.455. The van der Waals surface area contributed by atoms with Crippen LogP contribution in [0.5, 0.6) is 0 Å². The number of hydrogen-bond donors (Lipinski definition) is 1. The zero-order chi connectivity index (χ0) is 13.9. The van der Waals surface area contributed by atoms with E-state index in [9.17, 15) is 13.8 Å². The van der Waals surface area contributed by atoms with Crippen LogP contribution in [0, 0.1) is 6.92 Å². The molecule has 0 aromatic carbocycles. The molecule has 100 valence electrons. The van der Waals surface area contributed by atoms with Gasteiger partial charge in [-0.15, -0.1) is 11.3 Å². The second-order valence-electron chi connectivity index (χ2n) is 4.01. The molecule has 1 amide bonds. The number of carboxylic acids is 1. The summed E-state index contributed by atoms with van der Waals surface area (Å²) in [5, 5.41) is 8.85. The van der Waals surface area contributed by atoms with Gasteiger partial charge in [-0.05, 0) is 18.6 Å². The number of carbonyl (C=O) groups excluding carboxylic acids is 1. The van der Waals surface area contributed by atoms with Crippen molar-refractivity contribution in [2.75, 3.05) is 19.8 Å². The minimum absolute atomic E-state index is 0.0370. The molecule has 0 bridgehead atoms. The summed E-state index contributed by atoms with van der Waals surface area (Å²) >= 11 is 1.16. The van der Waals surface area contributed by atoms with E-state index in [4.69, 9.17) is 5.11 Å². The van der Waals surface area contributed by atoms with Crippen LogP contribution in [0.25, 0.3) is 0 Å². The first-order valence-electron chi connectivity index (χ1n) is 5.19. The molecule has 1 aromatic heterocycles. The Balaban J connectivity index is 2.70. The Hall–Kier alpha value is -1.21. The van der Waals surface area contributed by atoms with Crippen molar-refractivity contribution in [3.63, 3.8) is 0 Å². The van der Waals surface area contributed by atoms with Crippen LogP contribution in [-0.2, 0) is 21.3 Å². The first-order valence-corrected chi connectivity index (χ1v) is 7.49. The van der Waals surface area contributed by atoms with E-state index in [2.05, 4.69) is 0 Å². The van der Waals surface area contributed by atoms with Crippen LogP contribution in [0.2, 0.25) is 0 Å². The Kier molecular flexibility index (Phi) is 5.03. The van der Waals surface area contributed by atoms with E-state index in [1.165, 1.54) is 11.0 Å². The van der Waals surface area contributed by atoms with Crippen LogP contribution in [-0.4, -0.2) is 45.9 Å². The molecule has 1 unspecified atom stereocenters. The summed E-state index contributed by atoms with van der Waals surface area (Å²) in [6.45, 7) is 1.79. The van der Waals surface area contributed by atoms with Gasteiger partial charge in [0.2, 0.25) is 5.91 Å². The van der Waals surface area contributed by atoms with Crippen molar-refractivity contribution in [2.24, 2.45) is 0 Å². The molecule has 1 rings (SSSR count). The van der Waals surface area contributed by atoms with E-state index in [-0.39, 0.29) is 22.3 Å². The lowest BCUT2D eigenvalue weighted by molar-refractivity contribution is -0.125. The fourth-order valence-electron chi connectivity index (χ4n) is 1.26. The van der Waals surface area contributed by atoms with Gasteiger partial charge in [-0.1, -0.05) is 0 Å². The molecule has 0 saturated heterocycles. The third-order valence-electron chi connectivity index (χ3n) is 2.33. The van der Waals surface area contributed by atoms with Gasteiger partial charge >= 0.3 is 5.97 Å². The zero-order valence-corrected chi connectivity index (χ0v) is 12.1. The summed E-state index contributed by atoms with van der Waals surface area (Å²) in [5.41, 5.74) is 0.738. The molecule has 0 aliphatic carbocycles. The Labute approximate surface area is 112 Å². The van der Waals surface area contributed by atoms with Gasteiger partial charge in [-0.2, -0.15) is 0 Å². The van der Waals surface area contributed by atoms with Crippen LogP contribution in [0.15, 0.2) is 6.07 Å². The number of aromatic carboxylic acids is 1. The second kappa shape index (κ2) is 6.10. The lowest BCUT2D eigenvalue weighted by atomic mass is 10.3. The molecule has 18 heavy (non-hydrogen) atoms. The predicted octanol–water partition coefficient (Wildman–Crippen LogP) is 1.09. The van der Waals surface area contributed by atoms with Crippen LogP contribution >= 0.6 is 11.3 Å². The third kappa shape index (κ3) is 3.92. The monoisotopic (exact) mass is 289 g/mol. The summed E-state index contributed by atoms with van der Waals surface area (Å²) < 4.78 is 11.8. The summed E-state index contributed by atoms with van der Waals surface area (Å²) in [6.07, 6.45) is 0. The summed E-state index contributed by atoms with van der Waals surface area (Å²) in [4.78, 5) is 24.6. The number of hydrogen-bond acceptors (Lipinski definition) is 4. The van der Waals surface area contributed by atoms with Gasteiger partial charge in [0.1, 0.15) is 10.6 Å². The highest BCUT2D eigenvalue weighted by atomic mass is 32.2. The van der Waals surface area contributed by atoms with Crippen molar-refractivity contribution < 1.29 is 18.9 Å². The number of carboxylic acid groups (broad SMARTS) is 1. The first-order chi connectivity index (χ1) is 8.31. The molecule has 1 heterocycles. The normalized spacial score (nSPS) is 12.2. The van der Waals surface area contributed by atoms with Gasteiger partial charge in [-0.3, -0.25) is 9.00 Å². The first kappa shape index (κ1) is 14.8. The van der Waals surface area contributed by atoms with Gasteiger partial charge < -0.3 is 10.0 Å². The molecule has 1 atom stereocenters. The molecular weight excluding hydrogens is 274 g/mol. The molecule has 0 spiro atoms. The summed E-state index contributed by atoms with van der Waals surface area (Å²) in [7, 11) is 1.91. The summed E-state index contributed by atoms with van der Waals surface area (Å²) in [6, 6.07) is 1.53. The van der Waals surface area contributed by atoms with Gasteiger partial charge in [0.15, 0.2) is 0 Å². The zero-order valence-electron chi connectivity index (χ0n) is 10.4. The Bertz CT molecular complexity index is 493. The van der Waals surface area contributed by atoms with E-state index in [1.807, 2.05) is 0 Å². The largest absolute Gasteiger partial charge is 0.477 e. The standard InChI is InChI=1S/C11H15NO4S2/c1-7-8(4-9(17-7)11(14)15)5-18(16)6-10(13)12(2)3/h4H,5-6H2,1-3H3,(H,14,15). The van der Waals surface area contributed by atoms with Crippen molar-refractivity contribution in [1.29, 1.82) is 0 Å². The van der Waals surface area contributed by atoms with Crippen LogP contribution < -0.4 is 0 Å². The molecule has 1 N–H and O–H groups in total. The Morgan fingerprint density at radius 1 is 1.44 bits per heavy atom. The highest BCUT2D eigenvalue weighted by Crippen LogP contribution is 2.22. The maximum Gasteiger partial charge on any atom is 0.345 e. The molecule has 0 fully saturated rings. The third-order valence-corrected chi connectivity index (χ3v) is 4.61. The van der Waals surface area contributed by atoms with Crippen LogP contribution in [0.1, 0.15) is 20.1 Å². The quantitative estimate of drug-likeness (QED) is 0.880. The topological polar surface area (TPSA) is 74.7 Å². The molecule has 0 saturated carbocycles. The van der Waals surface area contributed by atoms with Gasteiger partial charge in [-0.25, -0.2) is 4.79 Å². The number of rotatable bonds is 5. The van der Waals surface area contributed by atoms with E-state index in [1.54, 1.807) is 21.0 Å². The molecule has 1 aromatic rings. The molecule has 0 radical (unpaired) electrons. The van der Waals surface area contributed by atoms with Crippen molar-refractivity contribution in [3.8, 4) is 0 Å². The van der Waals surface area contributed by atoms with Gasteiger partial charge in [0.05, 0.1) is 5.75 Å². The lowest BCUT2D eigenvalue weighted by Gasteiger charge is -2.09. The highest BCUT2D eigenvalue weighted by molar-refractivity contribution is 7.84. The maximum absolute atomic E-state index is 11.8. The van der Waals surface area contributed by atoms with Crippen molar-refractivity contribution in [1.82, 2.24) is 4.90 Å². The number of aryl methyl sites for hydroxylation is 1. The maximum atomic E-state index is 11.8. The van der Waals surface area contributed by atoms with E-state index < -0.39 is 16.8 Å². The highest BCUT2D eigenvalue weighted by Gasteiger charge is 2.15. The average Bonchev–Trinajstić information content (AvgIpc) is 2.60. The van der Waals surface area contributed by atoms with E-state index >= 15 is 0 Å². The van der Waals surface area contributed by atoms with Crippen LogP contribution in [0.3, 0.4) is 0 Å². The number of carbonyl (C=O) groups is 2. The SMILES string of the molecule is Cc1sc(C(=O)O)cc1CS(=O)CC(=O)N(C)C. The average molecular weight is 289 g/mol. The fourth-order valence-corrected chi connectivity index (χ4v) is 3.51.